The fourth-order valence-electron chi connectivity index (χ4n) is 1.68. The van der Waals surface area contributed by atoms with Crippen LogP contribution in [0.3, 0.4) is 0 Å². The van der Waals surface area contributed by atoms with Crippen molar-refractivity contribution in [2.24, 2.45) is 0 Å². The van der Waals surface area contributed by atoms with Gasteiger partial charge in [-0.1, -0.05) is 37.0 Å². The molecule has 19 heavy (non-hydrogen) atoms. The van der Waals surface area contributed by atoms with Crippen molar-refractivity contribution in [1.82, 2.24) is 4.90 Å². The zero-order chi connectivity index (χ0) is 14.0. The normalized spacial score (nSPS) is 17.6. The maximum atomic E-state index is 12.2. The van der Waals surface area contributed by atoms with E-state index in [0.29, 0.717) is 20.2 Å². The van der Waals surface area contributed by atoms with Gasteiger partial charge in [-0.25, -0.2) is 0 Å². The third-order valence-corrected chi connectivity index (χ3v) is 4.60. The van der Waals surface area contributed by atoms with Gasteiger partial charge < -0.3 is 5.11 Å². The molecule has 0 aromatic heterocycles. The van der Waals surface area contributed by atoms with E-state index in [0.717, 1.165) is 12.0 Å². The molecule has 1 saturated heterocycles. The molecular weight excluding hydrogens is 346 g/mol. The summed E-state index contributed by atoms with van der Waals surface area (Å²) in [6.07, 6.45) is 2.67. The standard InChI is InChI=1S/C13H12BrNO2S2/c1-2-5-15-12(17)11(19-13(15)18)7-8-3-4-10(16)9(14)6-8/h3-4,6-7,16H,2,5H2,1H3/b11-7-. The molecule has 0 radical (unpaired) electrons. The summed E-state index contributed by atoms with van der Waals surface area (Å²) in [4.78, 5) is 14.4. The fourth-order valence-corrected chi connectivity index (χ4v) is 3.39. The molecule has 0 bridgehead atoms. The number of phenols is 1. The number of aromatic hydroxyl groups is 1. The molecule has 1 aliphatic heterocycles. The molecule has 0 saturated carbocycles. The quantitative estimate of drug-likeness (QED) is 0.660. The van der Waals surface area contributed by atoms with E-state index in [1.807, 2.05) is 6.92 Å². The topological polar surface area (TPSA) is 40.5 Å². The predicted octanol–water partition coefficient (Wildman–Crippen LogP) is 3.77. The summed E-state index contributed by atoms with van der Waals surface area (Å²) < 4.78 is 1.21. The highest BCUT2D eigenvalue weighted by molar-refractivity contribution is 9.10. The van der Waals surface area contributed by atoms with Crippen molar-refractivity contribution in [1.29, 1.82) is 0 Å². The lowest BCUT2D eigenvalue weighted by Gasteiger charge is -2.11. The molecule has 1 heterocycles. The minimum Gasteiger partial charge on any atom is -0.507 e. The molecule has 1 aromatic rings. The number of thioether (sulfide) groups is 1. The first-order valence-electron chi connectivity index (χ1n) is 5.77. The highest BCUT2D eigenvalue weighted by atomic mass is 79.9. The van der Waals surface area contributed by atoms with Crippen LogP contribution in [0.1, 0.15) is 18.9 Å². The molecule has 6 heteroatoms. The third kappa shape index (κ3) is 3.19. The molecular formula is C13H12BrNO2S2. The van der Waals surface area contributed by atoms with Crippen LogP contribution in [0.4, 0.5) is 0 Å². The van der Waals surface area contributed by atoms with Crippen LogP contribution >= 0.6 is 39.9 Å². The number of thiocarbonyl (C=S) groups is 1. The summed E-state index contributed by atoms with van der Waals surface area (Å²) in [7, 11) is 0. The Balaban J connectivity index is 2.27. The van der Waals surface area contributed by atoms with Crippen LogP contribution in [0.5, 0.6) is 5.75 Å². The summed E-state index contributed by atoms with van der Waals surface area (Å²) in [5, 5.41) is 9.44. The summed E-state index contributed by atoms with van der Waals surface area (Å²) in [6, 6.07) is 5.11. The van der Waals surface area contributed by atoms with E-state index in [-0.39, 0.29) is 11.7 Å². The van der Waals surface area contributed by atoms with Crippen LogP contribution < -0.4 is 0 Å². The lowest BCUT2D eigenvalue weighted by molar-refractivity contribution is -0.122. The van der Waals surface area contributed by atoms with Crippen molar-refractivity contribution in [3.8, 4) is 5.75 Å². The Bertz CT molecular complexity index is 572. The number of benzene rings is 1. The molecule has 3 nitrogen and oxygen atoms in total. The maximum absolute atomic E-state index is 12.2. The van der Waals surface area contributed by atoms with Gasteiger partial charge in [0.05, 0.1) is 9.38 Å². The van der Waals surface area contributed by atoms with Gasteiger partial charge in [0.15, 0.2) is 0 Å². The maximum Gasteiger partial charge on any atom is 0.266 e. The molecule has 2 rings (SSSR count). The SMILES string of the molecule is CCCN1C(=O)/C(=C/c2ccc(O)c(Br)c2)SC1=S. The number of carbonyl (C=O) groups is 1. The Morgan fingerprint density at radius 3 is 2.89 bits per heavy atom. The van der Waals surface area contributed by atoms with Crippen molar-refractivity contribution >= 4 is 56.2 Å². The molecule has 1 aliphatic rings. The van der Waals surface area contributed by atoms with E-state index < -0.39 is 0 Å². The van der Waals surface area contributed by atoms with Crippen LogP contribution in [0.15, 0.2) is 27.6 Å². The Kier molecular flexibility index (Phi) is 4.65. The number of nitrogens with zero attached hydrogens (tertiary/aromatic N) is 1. The Morgan fingerprint density at radius 2 is 2.26 bits per heavy atom. The average Bonchev–Trinajstić information content (AvgIpc) is 2.62. The van der Waals surface area contributed by atoms with Gasteiger partial charge >= 0.3 is 0 Å². The van der Waals surface area contributed by atoms with Crippen molar-refractivity contribution < 1.29 is 9.90 Å². The first-order chi connectivity index (χ1) is 9.02. The minimum absolute atomic E-state index is 0.0407. The van der Waals surface area contributed by atoms with E-state index in [9.17, 15) is 9.90 Å². The van der Waals surface area contributed by atoms with E-state index >= 15 is 0 Å². The van der Waals surface area contributed by atoms with Crippen molar-refractivity contribution in [3.63, 3.8) is 0 Å². The number of rotatable bonds is 3. The molecule has 1 N–H and O–H groups in total. The van der Waals surface area contributed by atoms with Gasteiger partial charge in [-0.15, -0.1) is 0 Å². The van der Waals surface area contributed by atoms with E-state index in [1.165, 1.54) is 11.8 Å². The predicted molar refractivity (Wildman–Crippen MR) is 86.0 cm³/mol. The van der Waals surface area contributed by atoms with Crippen LogP contribution in [0, 0.1) is 0 Å². The van der Waals surface area contributed by atoms with E-state index in [2.05, 4.69) is 15.9 Å². The lowest BCUT2D eigenvalue weighted by atomic mass is 10.2. The van der Waals surface area contributed by atoms with Crippen molar-refractivity contribution in [3.05, 3.63) is 33.1 Å². The van der Waals surface area contributed by atoms with Gasteiger partial charge in [0, 0.05) is 6.54 Å². The number of amides is 1. The van der Waals surface area contributed by atoms with Gasteiger partial charge in [-0.2, -0.15) is 0 Å². The zero-order valence-corrected chi connectivity index (χ0v) is 13.4. The highest BCUT2D eigenvalue weighted by Crippen LogP contribution is 2.33. The highest BCUT2D eigenvalue weighted by Gasteiger charge is 2.31. The first kappa shape index (κ1) is 14.6. The largest absolute Gasteiger partial charge is 0.507 e. The number of halogens is 1. The number of carbonyl (C=O) groups excluding carboxylic acids is 1. The second-order valence-electron chi connectivity index (χ2n) is 4.04. The summed E-state index contributed by atoms with van der Waals surface area (Å²) in [6.45, 7) is 2.67. The second-order valence-corrected chi connectivity index (χ2v) is 6.57. The fraction of sp³-hybridized carbons (Fsp3) is 0.231. The van der Waals surface area contributed by atoms with E-state index in [1.54, 1.807) is 29.2 Å². The molecule has 0 unspecified atom stereocenters. The minimum atomic E-state index is -0.0407. The van der Waals surface area contributed by atoms with Gasteiger partial charge in [-0.3, -0.25) is 9.69 Å². The smallest absolute Gasteiger partial charge is 0.266 e. The molecule has 1 fully saturated rings. The van der Waals surface area contributed by atoms with Gasteiger partial charge in [0.25, 0.3) is 5.91 Å². The summed E-state index contributed by atoms with van der Waals surface area (Å²) in [5.41, 5.74) is 0.849. The van der Waals surface area contributed by atoms with Crippen LogP contribution in [0.25, 0.3) is 6.08 Å². The van der Waals surface area contributed by atoms with Crippen LogP contribution in [-0.2, 0) is 4.79 Å². The average molecular weight is 358 g/mol. The number of hydrogen-bond donors (Lipinski definition) is 1. The summed E-state index contributed by atoms with van der Waals surface area (Å²) >= 11 is 9.77. The van der Waals surface area contributed by atoms with Gasteiger partial charge in [0.2, 0.25) is 0 Å². The lowest BCUT2D eigenvalue weighted by Crippen LogP contribution is -2.28. The zero-order valence-electron chi connectivity index (χ0n) is 10.2. The number of phenolic OH excluding ortho intramolecular Hbond substituents is 1. The molecule has 100 valence electrons. The molecule has 0 spiro atoms. The Morgan fingerprint density at radius 1 is 1.53 bits per heavy atom. The molecule has 1 aromatic carbocycles. The summed E-state index contributed by atoms with van der Waals surface area (Å²) in [5.74, 6) is 0.136. The van der Waals surface area contributed by atoms with Gasteiger partial charge in [-0.05, 0) is 46.1 Å². The van der Waals surface area contributed by atoms with Crippen molar-refractivity contribution in [2.45, 2.75) is 13.3 Å². The van der Waals surface area contributed by atoms with Gasteiger partial charge in [0.1, 0.15) is 10.1 Å². The molecule has 0 aliphatic carbocycles. The Labute approximate surface area is 129 Å². The first-order valence-corrected chi connectivity index (χ1v) is 7.78. The van der Waals surface area contributed by atoms with Crippen LogP contribution in [-0.4, -0.2) is 26.8 Å². The van der Waals surface area contributed by atoms with Crippen molar-refractivity contribution in [2.75, 3.05) is 6.54 Å². The number of hydrogen-bond acceptors (Lipinski definition) is 4. The molecule has 1 amide bonds. The van der Waals surface area contributed by atoms with E-state index in [4.69, 9.17) is 12.2 Å². The monoisotopic (exact) mass is 357 g/mol. The second kappa shape index (κ2) is 6.07. The Hall–Kier alpha value is -0.850. The van der Waals surface area contributed by atoms with Crippen LogP contribution in [0.2, 0.25) is 0 Å². The third-order valence-electron chi connectivity index (χ3n) is 2.59. The molecule has 0 atom stereocenters.